The number of benzene rings is 1. The van der Waals surface area contributed by atoms with Crippen LogP contribution in [0.15, 0.2) is 35.2 Å². The van der Waals surface area contributed by atoms with E-state index in [4.69, 9.17) is 5.73 Å². The third kappa shape index (κ3) is 2.97. The van der Waals surface area contributed by atoms with Gasteiger partial charge in [-0.1, -0.05) is 12.1 Å². The van der Waals surface area contributed by atoms with Crippen molar-refractivity contribution in [3.05, 3.63) is 30.3 Å². The highest BCUT2D eigenvalue weighted by Gasteiger charge is 2.10. The van der Waals surface area contributed by atoms with Crippen molar-refractivity contribution < 1.29 is 13.2 Å². The van der Waals surface area contributed by atoms with Gasteiger partial charge in [0.15, 0.2) is 9.84 Å². The van der Waals surface area contributed by atoms with Crippen molar-refractivity contribution in [1.29, 1.82) is 0 Å². The normalized spacial score (nSPS) is 11.3. The number of nitrogens with two attached hydrogens (primary N) is 1. The van der Waals surface area contributed by atoms with Gasteiger partial charge in [-0.25, -0.2) is 13.2 Å². The lowest BCUT2D eigenvalue weighted by atomic mass is 10.1. The van der Waals surface area contributed by atoms with Crippen LogP contribution in [-0.2, 0) is 16.9 Å². The molecule has 0 aliphatic heterocycles. The number of carbonyl (C=O) groups excluding carboxylic acids is 1. The number of aromatic nitrogens is 2. The molecule has 0 atom stereocenters. The molecule has 0 spiro atoms. The van der Waals surface area contributed by atoms with E-state index < -0.39 is 15.9 Å². The van der Waals surface area contributed by atoms with Crippen molar-refractivity contribution in [1.82, 2.24) is 9.78 Å². The number of anilines is 1. The fraction of sp³-hybridized carbons (Fsp3) is 0.167. The predicted molar refractivity (Wildman–Crippen MR) is 75.0 cm³/mol. The molecule has 2 aromatic rings. The summed E-state index contributed by atoms with van der Waals surface area (Å²) in [5.74, 6) is 0.458. The molecule has 0 unspecified atom stereocenters. The number of amides is 2. The summed E-state index contributed by atoms with van der Waals surface area (Å²) in [6.45, 7) is 0. The Kier molecular flexibility index (Phi) is 3.49. The fourth-order valence-corrected chi connectivity index (χ4v) is 2.35. The fourth-order valence-electron chi connectivity index (χ4n) is 1.72. The van der Waals surface area contributed by atoms with Crippen LogP contribution in [0.4, 0.5) is 10.6 Å². The zero-order valence-electron chi connectivity index (χ0n) is 11.0. The minimum Gasteiger partial charge on any atom is -0.351 e. The van der Waals surface area contributed by atoms with Gasteiger partial charge in [0.25, 0.3) is 0 Å². The summed E-state index contributed by atoms with van der Waals surface area (Å²) in [4.78, 5) is 11.1. The summed E-state index contributed by atoms with van der Waals surface area (Å²) in [7, 11) is -1.55. The molecule has 3 N–H and O–H groups in total. The van der Waals surface area contributed by atoms with Crippen molar-refractivity contribution in [2.75, 3.05) is 11.6 Å². The maximum absolute atomic E-state index is 11.4. The van der Waals surface area contributed by atoms with Crippen LogP contribution in [0.25, 0.3) is 11.3 Å². The van der Waals surface area contributed by atoms with Crippen molar-refractivity contribution >= 4 is 21.7 Å². The number of urea groups is 1. The van der Waals surface area contributed by atoms with E-state index in [0.29, 0.717) is 11.5 Å². The number of primary amides is 1. The molecule has 0 aliphatic carbocycles. The zero-order chi connectivity index (χ0) is 14.9. The molecule has 2 amide bonds. The van der Waals surface area contributed by atoms with Crippen molar-refractivity contribution in [2.45, 2.75) is 4.90 Å². The number of nitrogens with zero attached hydrogens (tertiary/aromatic N) is 2. The molecule has 2 rings (SSSR count). The Morgan fingerprint density at radius 3 is 2.40 bits per heavy atom. The van der Waals surface area contributed by atoms with Crippen LogP contribution in [0, 0.1) is 0 Å². The van der Waals surface area contributed by atoms with Crippen molar-refractivity contribution in [2.24, 2.45) is 12.8 Å². The molecule has 8 heteroatoms. The Morgan fingerprint density at radius 2 is 1.90 bits per heavy atom. The average molecular weight is 294 g/mol. The highest BCUT2D eigenvalue weighted by molar-refractivity contribution is 7.90. The van der Waals surface area contributed by atoms with E-state index >= 15 is 0 Å². The summed E-state index contributed by atoms with van der Waals surface area (Å²) in [5.41, 5.74) is 6.40. The van der Waals surface area contributed by atoms with Crippen LogP contribution in [0.2, 0.25) is 0 Å². The molecular weight excluding hydrogens is 280 g/mol. The molecule has 0 saturated carbocycles. The van der Waals surface area contributed by atoms with Crippen LogP contribution in [0.5, 0.6) is 0 Å². The molecule has 1 aromatic carbocycles. The summed E-state index contributed by atoms with van der Waals surface area (Å²) in [5, 5.41) is 6.67. The molecule has 0 bridgehead atoms. The maximum Gasteiger partial charge on any atom is 0.317 e. The molecular formula is C12H14N4O3S. The number of hydrogen-bond acceptors (Lipinski definition) is 4. The summed E-state index contributed by atoms with van der Waals surface area (Å²) in [6.07, 6.45) is 1.15. The van der Waals surface area contributed by atoms with Gasteiger partial charge in [-0.2, -0.15) is 5.10 Å². The lowest BCUT2D eigenvalue weighted by Gasteiger charge is -1.99. The molecule has 0 radical (unpaired) electrons. The first-order valence-corrected chi connectivity index (χ1v) is 7.57. The summed E-state index contributed by atoms with van der Waals surface area (Å²) in [6, 6.07) is 7.33. The molecule has 106 valence electrons. The lowest BCUT2D eigenvalue weighted by molar-refractivity contribution is 0.259. The topological polar surface area (TPSA) is 107 Å². The first-order chi connectivity index (χ1) is 9.27. The highest BCUT2D eigenvalue weighted by Crippen LogP contribution is 2.22. The smallest absolute Gasteiger partial charge is 0.317 e. The average Bonchev–Trinajstić information content (AvgIpc) is 2.69. The van der Waals surface area contributed by atoms with Gasteiger partial charge in [-0.15, -0.1) is 0 Å². The Morgan fingerprint density at radius 1 is 1.30 bits per heavy atom. The molecule has 1 aromatic heterocycles. The monoisotopic (exact) mass is 294 g/mol. The molecule has 1 heterocycles. The third-order valence-corrected chi connectivity index (χ3v) is 3.84. The SMILES string of the molecule is Cn1nc(-c2ccc(S(C)(=O)=O)cc2)cc1NC(N)=O. The standard InChI is InChI=1S/C12H14N4O3S/c1-16-11(14-12(13)17)7-10(15-16)8-3-5-9(6-4-8)20(2,18)19/h3-7H,1-2H3,(H3,13,14,17). The van der Waals surface area contributed by atoms with E-state index in [0.717, 1.165) is 11.8 Å². The van der Waals surface area contributed by atoms with Crippen LogP contribution in [0.3, 0.4) is 0 Å². The maximum atomic E-state index is 11.4. The van der Waals surface area contributed by atoms with E-state index in [1.54, 1.807) is 25.2 Å². The van der Waals surface area contributed by atoms with Gasteiger partial charge in [0.2, 0.25) is 0 Å². The minimum absolute atomic E-state index is 0.243. The first-order valence-electron chi connectivity index (χ1n) is 5.68. The van der Waals surface area contributed by atoms with Crippen molar-refractivity contribution in [3.63, 3.8) is 0 Å². The van der Waals surface area contributed by atoms with E-state index in [9.17, 15) is 13.2 Å². The second-order valence-corrected chi connectivity index (χ2v) is 6.34. The van der Waals surface area contributed by atoms with Gasteiger partial charge >= 0.3 is 6.03 Å². The van der Waals surface area contributed by atoms with Gasteiger partial charge in [-0.05, 0) is 12.1 Å². The third-order valence-electron chi connectivity index (χ3n) is 2.71. The highest BCUT2D eigenvalue weighted by atomic mass is 32.2. The Bertz CT molecular complexity index is 748. The van der Waals surface area contributed by atoms with Crippen LogP contribution in [0.1, 0.15) is 0 Å². The van der Waals surface area contributed by atoms with Gasteiger partial charge in [-0.3, -0.25) is 10.00 Å². The van der Waals surface area contributed by atoms with E-state index in [2.05, 4.69) is 10.4 Å². The van der Waals surface area contributed by atoms with E-state index in [1.165, 1.54) is 16.8 Å². The van der Waals surface area contributed by atoms with Crippen molar-refractivity contribution in [3.8, 4) is 11.3 Å². The second-order valence-electron chi connectivity index (χ2n) is 4.32. The molecule has 0 saturated heterocycles. The largest absolute Gasteiger partial charge is 0.351 e. The van der Waals surface area contributed by atoms with Crippen LogP contribution in [-0.4, -0.2) is 30.5 Å². The minimum atomic E-state index is -3.22. The molecule has 20 heavy (non-hydrogen) atoms. The van der Waals surface area contributed by atoms with Crippen LogP contribution >= 0.6 is 0 Å². The van der Waals surface area contributed by atoms with E-state index in [-0.39, 0.29) is 4.90 Å². The molecule has 0 fully saturated rings. The number of rotatable bonds is 3. The number of nitrogens with one attached hydrogen (secondary N) is 1. The van der Waals surface area contributed by atoms with Crippen LogP contribution < -0.4 is 11.1 Å². The Labute approximate surface area is 116 Å². The van der Waals surface area contributed by atoms with Gasteiger partial charge in [0.1, 0.15) is 5.82 Å². The van der Waals surface area contributed by atoms with E-state index in [1.807, 2.05) is 0 Å². The summed E-state index contributed by atoms with van der Waals surface area (Å²) >= 11 is 0. The number of sulfone groups is 1. The predicted octanol–water partition coefficient (Wildman–Crippen LogP) is 0.981. The number of aryl methyl sites for hydroxylation is 1. The van der Waals surface area contributed by atoms with Gasteiger partial charge in [0.05, 0.1) is 10.6 Å². The lowest BCUT2D eigenvalue weighted by Crippen LogP contribution is -2.20. The Hall–Kier alpha value is -2.35. The van der Waals surface area contributed by atoms with Gasteiger partial charge in [0, 0.05) is 24.9 Å². The first kappa shape index (κ1) is 14.1. The number of carbonyl (C=O) groups is 1. The number of hydrogen-bond donors (Lipinski definition) is 2. The van der Waals surface area contributed by atoms with Gasteiger partial charge < -0.3 is 5.73 Å². The summed E-state index contributed by atoms with van der Waals surface area (Å²) < 4.78 is 24.2. The second kappa shape index (κ2) is 4.97. The Balaban J connectivity index is 2.35. The quantitative estimate of drug-likeness (QED) is 0.879. The zero-order valence-corrected chi connectivity index (χ0v) is 11.8. The molecule has 7 nitrogen and oxygen atoms in total. The molecule has 0 aliphatic rings.